The third-order valence-corrected chi connectivity index (χ3v) is 3.77. The predicted molar refractivity (Wildman–Crippen MR) is 71.8 cm³/mol. The van der Waals surface area contributed by atoms with Crippen molar-refractivity contribution in [2.45, 2.75) is 19.8 Å². The Bertz CT molecular complexity index is 452. The molecule has 0 aliphatic carbocycles. The fourth-order valence-corrected chi connectivity index (χ4v) is 2.57. The van der Waals surface area contributed by atoms with E-state index in [1.54, 1.807) is 0 Å². The molecule has 0 heterocycles. The molecule has 1 aromatic rings. The summed E-state index contributed by atoms with van der Waals surface area (Å²) in [5.74, 6) is 0.435. The summed E-state index contributed by atoms with van der Waals surface area (Å²) in [7, 11) is -3.26. The van der Waals surface area contributed by atoms with Crippen LogP contribution in [0.4, 0.5) is 5.69 Å². The van der Waals surface area contributed by atoms with E-state index in [0.29, 0.717) is 24.7 Å². The Balaban J connectivity index is 3.04. The lowest BCUT2D eigenvalue weighted by Crippen LogP contribution is -2.34. The molecule has 1 aromatic carbocycles. The molecule has 4 nitrogen and oxygen atoms in total. The number of nitrogens with two attached hydrogens (primary N) is 1. The van der Waals surface area contributed by atoms with E-state index in [0.717, 1.165) is 0 Å². The van der Waals surface area contributed by atoms with E-state index in [1.165, 1.54) is 16.1 Å². The summed E-state index contributed by atoms with van der Waals surface area (Å²) >= 11 is 0. The van der Waals surface area contributed by atoms with Crippen molar-refractivity contribution in [2.75, 3.05) is 23.7 Å². The number of hydrogen-bond acceptors (Lipinski definition) is 3. The van der Waals surface area contributed by atoms with Gasteiger partial charge in [-0.2, -0.15) is 0 Å². The molecule has 0 atom stereocenters. The van der Waals surface area contributed by atoms with Gasteiger partial charge in [0.25, 0.3) is 0 Å². The number of rotatable bonds is 5. The van der Waals surface area contributed by atoms with Crippen LogP contribution in [0.25, 0.3) is 0 Å². The van der Waals surface area contributed by atoms with Crippen LogP contribution in [0.5, 0.6) is 0 Å². The number of nitrogens with zero attached hydrogens (tertiary/aromatic N) is 1. The minimum atomic E-state index is -3.26. The van der Waals surface area contributed by atoms with Gasteiger partial charge in [-0.1, -0.05) is 26.0 Å². The molecule has 0 spiro atoms. The lowest BCUT2D eigenvalue weighted by molar-refractivity contribution is 0.597. The summed E-state index contributed by atoms with van der Waals surface area (Å²) in [4.78, 5) is 0. The highest BCUT2D eigenvalue weighted by Crippen LogP contribution is 2.21. The zero-order valence-electron chi connectivity index (χ0n) is 10.6. The molecule has 0 fully saturated rings. The average molecular weight is 256 g/mol. The summed E-state index contributed by atoms with van der Waals surface area (Å²) in [5, 5.41) is 0. The van der Waals surface area contributed by atoms with E-state index in [2.05, 4.69) is 13.8 Å². The van der Waals surface area contributed by atoms with Gasteiger partial charge in [-0.15, -0.1) is 0 Å². The highest BCUT2D eigenvalue weighted by Gasteiger charge is 2.16. The van der Waals surface area contributed by atoms with Crippen molar-refractivity contribution in [1.29, 1.82) is 0 Å². The molecule has 0 aliphatic rings. The molecule has 0 unspecified atom stereocenters. The van der Waals surface area contributed by atoms with Crippen molar-refractivity contribution in [1.82, 2.24) is 0 Å². The van der Waals surface area contributed by atoms with E-state index in [4.69, 9.17) is 5.73 Å². The molecule has 0 radical (unpaired) electrons. The predicted octanol–water partition coefficient (Wildman–Crippen LogP) is 1.53. The first-order chi connectivity index (χ1) is 7.86. The van der Waals surface area contributed by atoms with Crippen LogP contribution in [0.1, 0.15) is 25.3 Å². The topological polar surface area (TPSA) is 63.4 Å². The molecule has 1 rings (SSSR count). The van der Waals surface area contributed by atoms with Gasteiger partial charge in [0.2, 0.25) is 10.0 Å². The first kappa shape index (κ1) is 14.0. The molecule has 2 N–H and O–H groups in total. The normalized spacial score (nSPS) is 11.8. The molecule has 0 aliphatic heterocycles. The van der Waals surface area contributed by atoms with Crippen LogP contribution in [0.3, 0.4) is 0 Å². The molecule has 0 saturated carbocycles. The van der Waals surface area contributed by atoms with Gasteiger partial charge >= 0.3 is 0 Å². The van der Waals surface area contributed by atoms with E-state index < -0.39 is 10.0 Å². The largest absolute Gasteiger partial charge is 0.329 e. The molecule has 96 valence electrons. The summed E-state index contributed by atoms with van der Waals surface area (Å²) < 4.78 is 24.6. The minimum Gasteiger partial charge on any atom is -0.329 e. The monoisotopic (exact) mass is 256 g/mol. The van der Waals surface area contributed by atoms with Crippen LogP contribution in [0, 0.1) is 0 Å². The maximum absolute atomic E-state index is 11.6. The van der Waals surface area contributed by atoms with Crippen molar-refractivity contribution in [3.05, 3.63) is 29.8 Å². The van der Waals surface area contributed by atoms with E-state index in [9.17, 15) is 8.42 Å². The van der Waals surface area contributed by atoms with Crippen molar-refractivity contribution in [2.24, 2.45) is 5.73 Å². The minimum absolute atomic E-state index is 0.305. The third kappa shape index (κ3) is 3.71. The van der Waals surface area contributed by atoms with Crippen LogP contribution in [-0.2, 0) is 10.0 Å². The zero-order valence-corrected chi connectivity index (χ0v) is 11.4. The summed E-state index contributed by atoms with van der Waals surface area (Å²) in [6, 6.07) is 7.56. The lowest BCUT2D eigenvalue weighted by atomic mass is 10.0. The number of benzene rings is 1. The van der Waals surface area contributed by atoms with E-state index >= 15 is 0 Å². The van der Waals surface area contributed by atoms with Crippen LogP contribution >= 0.6 is 0 Å². The summed E-state index contributed by atoms with van der Waals surface area (Å²) in [6.45, 7) is 4.81. The highest BCUT2D eigenvalue weighted by molar-refractivity contribution is 7.92. The standard InChI is InChI=1S/C12H20N2O2S/c1-10(2)11-4-6-12(7-5-11)14(9-8-13)17(3,15)16/h4-7,10H,8-9,13H2,1-3H3. The maximum atomic E-state index is 11.6. The van der Waals surface area contributed by atoms with Gasteiger partial charge in [-0.05, 0) is 23.6 Å². The van der Waals surface area contributed by atoms with E-state index in [-0.39, 0.29) is 0 Å². The fourth-order valence-electron chi connectivity index (χ4n) is 1.63. The van der Waals surface area contributed by atoms with Gasteiger partial charge in [0.1, 0.15) is 0 Å². The summed E-state index contributed by atoms with van der Waals surface area (Å²) in [5.41, 5.74) is 7.29. The highest BCUT2D eigenvalue weighted by atomic mass is 32.2. The Morgan fingerprint density at radius 3 is 2.12 bits per heavy atom. The van der Waals surface area contributed by atoms with Gasteiger partial charge in [-0.25, -0.2) is 8.42 Å². The van der Waals surface area contributed by atoms with Gasteiger partial charge < -0.3 is 5.73 Å². The molecule has 0 aromatic heterocycles. The SMILES string of the molecule is CC(C)c1ccc(N(CCN)S(C)(=O)=O)cc1. The third-order valence-electron chi connectivity index (χ3n) is 2.58. The van der Waals surface area contributed by atoms with Crippen LogP contribution < -0.4 is 10.0 Å². The first-order valence-corrected chi connectivity index (χ1v) is 7.49. The summed E-state index contributed by atoms with van der Waals surface area (Å²) in [6.07, 6.45) is 1.19. The molecule has 5 heteroatoms. The molecule has 0 bridgehead atoms. The smallest absolute Gasteiger partial charge is 0.232 e. The van der Waals surface area contributed by atoms with Crippen molar-refractivity contribution in [3.63, 3.8) is 0 Å². The molecular formula is C12H20N2O2S. The molecule has 0 saturated heterocycles. The Morgan fingerprint density at radius 1 is 1.24 bits per heavy atom. The van der Waals surface area contributed by atoms with E-state index in [1.807, 2.05) is 24.3 Å². The molecular weight excluding hydrogens is 236 g/mol. The quantitative estimate of drug-likeness (QED) is 0.869. The average Bonchev–Trinajstić information content (AvgIpc) is 2.24. The van der Waals surface area contributed by atoms with Gasteiger partial charge in [-0.3, -0.25) is 4.31 Å². The Morgan fingerprint density at radius 2 is 1.76 bits per heavy atom. The van der Waals surface area contributed by atoms with Crippen LogP contribution in [-0.4, -0.2) is 27.8 Å². The Kier molecular flexibility index (Phi) is 4.54. The van der Waals surface area contributed by atoms with Gasteiger partial charge in [0.05, 0.1) is 11.9 Å². The number of sulfonamides is 1. The molecule has 17 heavy (non-hydrogen) atoms. The Labute approximate surface area is 103 Å². The second-order valence-corrected chi connectivity index (χ2v) is 6.28. The van der Waals surface area contributed by atoms with Crippen molar-refractivity contribution < 1.29 is 8.42 Å². The zero-order chi connectivity index (χ0) is 13.1. The Hall–Kier alpha value is -1.07. The van der Waals surface area contributed by atoms with Gasteiger partial charge in [0, 0.05) is 13.1 Å². The number of hydrogen-bond donors (Lipinski definition) is 1. The number of anilines is 1. The van der Waals surface area contributed by atoms with Gasteiger partial charge in [0.15, 0.2) is 0 Å². The fraction of sp³-hybridized carbons (Fsp3) is 0.500. The van der Waals surface area contributed by atoms with Crippen LogP contribution in [0.15, 0.2) is 24.3 Å². The first-order valence-electron chi connectivity index (χ1n) is 5.64. The second-order valence-electron chi connectivity index (χ2n) is 4.37. The van der Waals surface area contributed by atoms with Crippen molar-refractivity contribution >= 4 is 15.7 Å². The molecule has 0 amide bonds. The second kappa shape index (κ2) is 5.51. The van der Waals surface area contributed by atoms with Crippen LogP contribution in [0.2, 0.25) is 0 Å². The maximum Gasteiger partial charge on any atom is 0.232 e. The van der Waals surface area contributed by atoms with Crippen molar-refractivity contribution in [3.8, 4) is 0 Å². The lowest BCUT2D eigenvalue weighted by Gasteiger charge is -2.22.